The van der Waals surface area contributed by atoms with Crippen LogP contribution in [-0.2, 0) is 15.5 Å². The Hall–Kier alpha value is -1.73. The van der Waals surface area contributed by atoms with Crippen LogP contribution in [0.25, 0.3) is 0 Å². The second kappa shape index (κ2) is 7.23. The van der Waals surface area contributed by atoms with E-state index < -0.39 is 17.9 Å². The monoisotopic (exact) mass is 328 g/mol. The van der Waals surface area contributed by atoms with Gasteiger partial charge in [-0.3, -0.25) is 4.79 Å². The van der Waals surface area contributed by atoms with E-state index in [1.165, 1.54) is 31.4 Å². The number of benzene rings is 1. The van der Waals surface area contributed by atoms with E-state index in [9.17, 15) is 13.6 Å². The Morgan fingerprint density at radius 1 is 1.43 bits per heavy atom. The zero-order valence-electron chi connectivity index (χ0n) is 13.5. The highest BCUT2D eigenvalue weighted by Gasteiger charge is 2.42. The van der Waals surface area contributed by atoms with E-state index in [1.54, 1.807) is 6.92 Å². The number of halogens is 2. The highest BCUT2D eigenvalue weighted by atomic mass is 19.3. The normalized spacial score (nSPS) is 20.8. The minimum Gasteiger partial charge on any atom is -0.497 e. The van der Waals surface area contributed by atoms with Gasteiger partial charge in [-0.2, -0.15) is 8.78 Å². The molecular formula is C16H22F2N2O3. The first-order valence-electron chi connectivity index (χ1n) is 7.48. The van der Waals surface area contributed by atoms with Crippen molar-refractivity contribution in [2.75, 3.05) is 33.9 Å². The Balaban J connectivity index is 2.02. The first kappa shape index (κ1) is 17.6. The SMILES string of the molecule is COc1ccc(C(F)(F)C(=O)N[C@@H](C)[C@@H]2CN(C)CCO2)cc1. The molecule has 1 amide bonds. The lowest BCUT2D eigenvalue weighted by atomic mass is 10.1. The van der Waals surface area contributed by atoms with E-state index in [0.717, 1.165) is 6.54 Å². The summed E-state index contributed by atoms with van der Waals surface area (Å²) in [5.74, 6) is -4.48. The fourth-order valence-electron chi connectivity index (χ4n) is 2.44. The number of morpholine rings is 1. The van der Waals surface area contributed by atoms with Crippen LogP contribution in [0.15, 0.2) is 24.3 Å². The van der Waals surface area contributed by atoms with Crippen LogP contribution < -0.4 is 10.1 Å². The molecule has 1 heterocycles. The Kier molecular flexibility index (Phi) is 5.54. The molecule has 1 fully saturated rings. The number of ether oxygens (including phenoxy) is 2. The maximum Gasteiger partial charge on any atom is 0.349 e. The standard InChI is InChI=1S/C16H22F2N2O3/c1-11(14-10-20(2)8-9-23-14)19-15(21)16(17,18)12-4-6-13(22-3)7-5-12/h4-7,11,14H,8-10H2,1-3H3,(H,19,21)/t11-,14-/m0/s1. The number of likely N-dealkylation sites (N-methyl/N-ethyl adjacent to an activating group) is 1. The molecule has 2 rings (SSSR count). The highest BCUT2D eigenvalue weighted by molar-refractivity contribution is 5.85. The summed E-state index contributed by atoms with van der Waals surface area (Å²) in [6.45, 7) is 3.58. The van der Waals surface area contributed by atoms with Gasteiger partial charge < -0.3 is 19.7 Å². The molecule has 1 aromatic rings. The van der Waals surface area contributed by atoms with Gasteiger partial charge in [0.15, 0.2) is 0 Å². The summed E-state index contributed by atoms with van der Waals surface area (Å²) in [6.07, 6.45) is -0.302. The zero-order chi connectivity index (χ0) is 17.0. The van der Waals surface area contributed by atoms with Crippen molar-refractivity contribution in [3.63, 3.8) is 0 Å². The van der Waals surface area contributed by atoms with Crippen LogP contribution in [0.2, 0.25) is 0 Å². The number of carbonyl (C=O) groups is 1. The Morgan fingerprint density at radius 3 is 2.65 bits per heavy atom. The molecule has 1 saturated heterocycles. The number of carbonyl (C=O) groups excluding carboxylic acids is 1. The quantitative estimate of drug-likeness (QED) is 0.892. The molecule has 0 saturated carbocycles. The minimum atomic E-state index is -3.61. The van der Waals surface area contributed by atoms with Gasteiger partial charge in [0.2, 0.25) is 0 Å². The molecule has 0 spiro atoms. The summed E-state index contributed by atoms with van der Waals surface area (Å²) in [5, 5.41) is 2.37. The summed E-state index contributed by atoms with van der Waals surface area (Å²) < 4.78 is 39.0. The lowest BCUT2D eigenvalue weighted by Crippen LogP contribution is -2.53. The van der Waals surface area contributed by atoms with Crippen LogP contribution in [0.5, 0.6) is 5.75 Å². The molecule has 0 bridgehead atoms. The lowest BCUT2D eigenvalue weighted by molar-refractivity contribution is -0.149. The third-order valence-electron chi connectivity index (χ3n) is 3.95. The number of rotatable bonds is 5. The summed E-state index contributed by atoms with van der Waals surface area (Å²) in [5.41, 5.74) is -0.371. The lowest BCUT2D eigenvalue weighted by Gasteiger charge is -2.34. The largest absolute Gasteiger partial charge is 0.497 e. The number of nitrogens with one attached hydrogen (secondary N) is 1. The first-order chi connectivity index (χ1) is 10.8. The van der Waals surface area contributed by atoms with Gasteiger partial charge in [-0.1, -0.05) is 0 Å². The molecular weight excluding hydrogens is 306 g/mol. The molecule has 23 heavy (non-hydrogen) atoms. The van der Waals surface area contributed by atoms with Gasteiger partial charge in [0.05, 0.1) is 25.9 Å². The van der Waals surface area contributed by atoms with Crippen LogP contribution >= 0.6 is 0 Å². The van der Waals surface area contributed by atoms with E-state index in [1.807, 2.05) is 11.9 Å². The smallest absolute Gasteiger partial charge is 0.349 e. The van der Waals surface area contributed by atoms with E-state index in [-0.39, 0.29) is 11.7 Å². The number of amides is 1. The fourth-order valence-corrected chi connectivity index (χ4v) is 2.44. The van der Waals surface area contributed by atoms with Gasteiger partial charge in [-0.25, -0.2) is 0 Å². The van der Waals surface area contributed by atoms with Crippen LogP contribution in [0.4, 0.5) is 8.78 Å². The average molecular weight is 328 g/mol. The molecule has 1 N–H and O–H groups in total. The molecule has 7 heteroatoms. The van der Waals surface area contributed by atoms with Gasteiger partial charge in [-0.05, 0) is 38.2 Å². The van der Waals surface area contributed by atoms with Crippen molar-refractivity contribution in [2.24, 2.45) is 0 Å². The molecule has 0 aromatic heterocycles. The van der Waals surface area contributed by atoms with Crippen LogP contribution in [-0.4, -0.2) is 56.8 Å². The third-order valence-corrected chi connectivity index (χ3v) is 3.95. The number of alkyl halides is 2. The van der Waals surface area contributed by atoms with E-state index in [4.69, 9.17) is 9.47 Å². The minimum absolute atomic E-state index is 0.302. The van der Waals surface area contributed by atoms with Crippen LogP contribution in [0.3, 0.4) is 0 Å². The Bertz CT molecular complexity index is 537. The van der Waals surface area contributed by atoms with E-state index >= 15 is 0 Å². The van der Waals surface area contributed by atoms with Crippen molar-refractivity contribution in [1.29, 1.82) is 0 Å². The van der Waals surface area contributed by atoms with E-state index in [0.29, 0.717) is 18.9 Å². The van der Waals surface area contributed by atoms with Crippen molar-refractivity contribution in [1.82, 2.24) is 10.2 Å². The molecule has 0 unspecified atom stereocenters. The van der Waals surface area contributed by atoms with Gasteiger partial charge >= 0.3 is 5.92 Å². The fraction of sp³-hybridized carbons (Fsp3) is 0.562. The molecule has 1 aliphatic rings. The summed E-state index contributed by atoms with van der Waals surface area (Å²) in [6, 6.07) is 4.68. The number of hydrogen-bond donors (Lipinski definition) is 1. The second-order valence-corrected chi connectivity index (χ2v) is 5.74. The van der Waals surface area contributed by atoms with Crippen LogP contribution in [0, 0.1) is 0 Å². The molecule has 5 nitrogen and oxygen atoms in total. The van der Waals surface area contributed by atoms with Crippen molar-refractivity contribution in [2.45, 2.75) is 25.0 Å². The molecule has 128 valence electrons. The number of hydrogen-bond acceptors (Lipinski definition) is 4. The van der Waals surface area contributed by atoms with Gasteiger partial charge in [-0.15, -0.1) is 0 Å². The van der Waals surface area contributed by atoms with Crippen molar-refractivity contribution in [3.8, 4) is 5.75 Å². The molecule has 0 radical (unpaired) electrons. The van der Waals surface area contributed by atoms with Gasteiger partial charge in [0.25, 0.3) is 5.91 Å². The number of nitrogens with zero attached hydrogens (tertiary/aromatic N) is 1. The zero-order valence-corrected chi connectivity index (χ0v) is 13.5. The maximum absolute atomic E-state index is 14.3. The predicted molar refractivity (Wildman–Crippen MR) is 81.7 cm³/mol. The Morgan fingerprint density at radius 2 is 2.09 bits per heavy atom. The maximum atomic E-state index is 14.3. The topological polar surface area (TPSA) is 50.8 Å². The van der Waals surface area contributed by atoms with E-state index in [2.05, 4.69) is 5.32 Å². The summed E-state index contributed by atoms with van der Waals surface area (Å²) >= 11 is 0. The third kappa shape index (κ3) is 4.17. The van der Waals surface area contributed by atoms with Crippen molar-refractivity contribution in [3.05, 3.63) is 29.8 Å². The van der Waals surface area contributed by atoms with Gasteiger partial charge in [0, 0.05) is 18.7 Å². The average Bonchev–Trinajstić information content (AvgIpc) is 2.54. The molecule has 1 aromatic carbocycles. The van der Waals surface area contributed by atoms with Crippen molar-refractivity contribution < 1.29 is 23.0 Å². The van der Waals surface area contributed by atoms with Gasteiger partial charge in [0.1, 0.15) is 5.75 Å². The summed E-state index contributed by atoms with van der Waals surface area (Å²) in [7, 11) is 3.37. The highest BCUT2D eigenvalue weighted by Crippen LogP contribution is 2.29. The second-order valence-electron chi connectivity index (χ2n) is 5.74. The van der Waals surface area contributed by atoms with Crippen molar-refractivity contribution >= 4 is 5.91 Å². The molecule has 2 atom stereocenters. The summed E-state index contributed by atoms with van der Waals surface area (Å²) in [4.78, 5) is 14.0. The molecule has 1 aliphatic heterocycles. The Labute approximate surface area is 134 Å². The van der Waals surface area contributed by atoms with Crippen LogP contribution in [0.1, 0.15) is 12.5 Å². The predicted octanol–water partition coefficient (Wildman–Crippen LogP) is 1.62. The number of methoxy groups -OCH3 is 1. The first-order valence-corrected chi connectivity index (χ1v) is 7.48. The molecule has 0 aliphatic carbocycles.